The van der Waals surface area contributed by atoms with Crippen molar-refractivity contribution in [3.63, 3.8) is 0 Å². The largest absolute Gasteiger partial charge is 0.480 e. The minimum atomic E-state index is -1.24. The fourth-order valence-electron chi connectivity index (χ4n) is 4.23. The number of nitrogens with two attached hydrogens (primary N) is 2. The highest BCUT2D eigenvalue weighted by Crippen LogP contribution is 2.22. The first-order valence-electron chi connectivity index (χ1n) is 12.5. The van der Waals surface area contributed by atoms with Crippen LogP contribution < -0.4 is 32.7 Å². The van der Waals surface area contributed by atoms with Gasteiger partial charge in [0, 0.05) is 19.5 Å². The molecule has 0 aromatic heterocycles. The summed E-state index contributed by atoms with van der Waals surface area (Å²) < 4.78 is 0. The molecule has 2 aliphatic rings. The van der Waals surface area contributed by atoms with Gasteiger partial charge in [-0.2, -0.15) is 0 Å². The lowest BCUT2D eigenvalue weighted by Gasteiger charge is -2.24. The summed E-state index contributed by atoms with van der Waals surface area (Å²) in [5.41, 5.74) is 13.0. The highest BCUT2D eigenvalue weighted by molar-refractivity contribution is 5.91. The van der Waals surface area contributed by atoms with Gasteiger partial charge in [-0.3, -0.25) is 19.8 Å². The maximum atomic E-state index is 12.9. The Morgan fingerprint density at radius 3 is 2.49 bits per heavy atom. The van der Waals surface area contributed by atoms with Crippen molar-refractivity contribution in [1.29, 1.82) is 5.41 Å². The average molecular weight is 522 g/mol. The summed E-state index contributed by atoms with van der Waals surface area (Å²) >= 11 is 0. The first-order valence-corrected chi connectivity index (χ1v) is 12.5. The van der Waals surface area contributed by atoms with Crippen molar-refractivity contribution in [1.82, 2.24) is 21.3 Å². The molecular formula is C24H39N7O6. The number of carbonyl (C=O) groups is 4. The van der Waals surface area contributed by atoms with Gasteiger partial charge < -0.3 is 42.9 Å². The Balaban J connectivity index is 1.89. The molecule has 0 aromatic carbocycles. The number of aliphatic hydroxyl groups excluding tert-OH is 1. The molecule has 0 radical (unpaired) electrons. The van der Waals surface area contributed by atoms with Gasteiger partial charge in [0.1, 0.15) is 24.0 Å². The van der Waals surface area contributed by atoms with Crippen LogP contribution >= 0.6 is 0 Å². The molecule has 3 amide bonds. The van der Waals surface area contributed by atoms with Crippen molar-refractivity contribution in [3.8, 4) is 0 Å². The summed E-state index contributed by atoms with van der Waals surface area (Å²) in [5, 5.41) is 37.5. The fourth-order valence-corrected chi connectivity index (χ4v) is 4.23. The van der Waals surface area contributed by atoms with E-state index in [0.717, 1.165) is 24.8 Å². The summed E-state index contributed by atoms with van der Waals surface area (Å²) in [4.78, 5) is 49.1. The minimum Gasteiger partial charge on any atom is -0.480 e. The third-order valence-electron chi connectivity index (χ3n) is 6.38. The number of aliphatic hydroxyl groups is 1. The van der Waals surface area contributed by atoms with E-state index in [2.05, 4.69) is 21.3 Å². The molecule has 13 heteroatoms. The maximum absolute atomic E-state index is 12.9. The Hall–Kier alpha value is -3.29. The van der Waals surface area contributed by atoms with Crippen LogP contribution in [0.5, 0.6) is 0 Å². The molecule has 5 atom stereocenters. The smallest absolute Gasteiger partial charge is 0.326 e. The van der Waals surface area contributed by atoms with Gasteiger partial charge in [0.05, 0.1) is 12.1 Å². The van der Waals surface area contributed by atoms with Crippen LogP contribution in [0.4, 0.5) is 0 Å². The zero-order valence-electron chi connectivity index (χ0n) is 21.1. The summed E-state index contributed by atoms with van der Waals surface area (Å²) in [6, 6.07) is -3.83. The number of allylic oxidation sites excluding steroid dienone is 1. The highest BCUT2D eigenvalue weighted by Gasteiger charge is 2.30. The van der Waals surface area contributed by atoms with E-state index in [9.17, 15) is 29.4 Å². The number of hydrogen-bond acceptors (Lipinski definition) is 8. The van der Waals surface area contributed by atoms with Gasteiger partial charge >= 0.3 is 5.97 Å². The zero-order chi connectivity index (χ0) is 27.5. The average Bonchev–Trinajstić information content (AvgIpc) is 3.52. The van der Waals surface area contributed by atoms with E-state index in [1.807, 2.05) is 6.08 Å². The van der Waals surface area contributed by atoms with E-state index in [1.54, 1.807) is 6.08 Å². The minimum absolute atomic E-state index is 0.00845. The number of amides is 3. The van der Waals surface area contributed by atoms with Gasteiger partial charge in [-0.1, -0.05) is 17.7 Å². The van der Waals surface area contributed by atoms with Crippen LogP contribution in [0.3, 0.4) is 0 Å². The molecule has 1 aliphatic carbocycles. The Morgan fingerprint density at radius 1 is 1.16 bits per heavy atom. The Bertz CT molecular complexity index is 933. The Morgan fingerprint density at radius 2 is 1.89 bits per heavy atom. The lowest BCUT2D eigenvalue weighted by Crippen LogP contribution is -2.55. The molecule has 1 aliphatic heterocycles. The number of hydrogen-bond donors (Lipinski definition) is 9. The van der Waals surface area contributed by atoms with Crippen LogP contribution in [0.15, 0.2) is 23.3 Å². The van der Waals surface area contributed by atoms with E-state index >= 15 is 0 Å². The fraction of sp³-hybridized carbons (Fsp3) is 0.625. The Kier molecular flexibility index (Phi) is 11.7. The predicted molar refractivity (Wildman–Crippen MR) is 136 cm³/mol. The van der Waals surface area contributed by atoms with Crippen LogP contribution in [-0.2, 0) is 19.2 Å². The topological polar surface area (TPSA) is 233 Å². The second kappa shape index (κ2) is 14.4. The first-order chi connectivity index (χ1) is 17.5. The molecule has 5 unspecified atom stereocenters. The van der Waals surface area contributed by atoms with Gasteiger partial charge in [0.2, 0.25) is 17.7 Å². The van der Waals surface area contributed by atoms with E-state index < -0.39 is 54.0 Å². The highest BCUT2D eigenvalue weighted by atomic mass is 16.4. The number of nitrogens with one attached hydrogen (secondary N) is 5. The normalized spacial score (nSPS) is 20.1. The quantitative estimate of drug-likeness (QED) is 0.0520. The number of rotatable bonds is 15. The van der Waals surface area contributed by atoms with E-state index in [0.29, 0.717) is 12.1 Å². The summed E-state index contributed by atoms with van der Waals surface area (Å²) in [7, 11) is 0. The van der Waals surface area contributed by atoms with Crippen LogP contribution in [-0.4, -0.2) is 83.1 Å². The molecule has 0 fully saturated rings. The first kappa shape index (κ1) is 29.9. The second-order valence-corrected chi connectivity index (χ2v) is 9.42. The lowest BCUT2D eigenvalue weighted by molar-refractivity contribution is -0.141. The zero-order valence-corrected chi connectivity index (χ0v) is 21.1. The van der Waals surface area contributed by atoms with Gasteiger partial charge in [-0.05, 0) is 51.0 Å². The van der Waals surface area contributed by atoms with Crippen LogP contribution in [0, 0.1) is 5.41 Å². The van der Waals surface area contributed by atoms with E-state index in [4.69, 9.17) is 16.9 Å². The SMILES string of the molecule is CC(O)C(N)C(=O)NC(CC1=CCNC1C(=N)N)C(=O)NCCCC(=O)NC(CC1=CCCC1)C(=O)O. The summed E-state index contributed by atoms with van der Waals surface area (Å²) in [6.45, 7) is 1.93. The molecule has 0 bridgehead atoms. The summed E-state index contributed by atoms with van der Waals surface area (Å²) in [6.07, 6.45) is 6.03. The standard InChI is InChI=1S/C24H39N7O6/c1-13(32)19(25)23(35)31-16(12-15-8-10-28-20(15)21(26)27)22(34)29-9-4-7-18(33)30-17(24(36)37)11-14-5-2-3-6-14/h5,8,13,16-17,19-20,28,32H,2-4,6-7,9-12,25H2,1H3,(H3,26,27)(H,29,34)(H,30,33)(H,31,35)(H,36,37). The molecule has 0 saturated carbocycles. The monoisotopic (exact) mass is 521 g/mol. The maximum Gasteiger partial charge on any atom is 0.326 e. The third-order valence-corrected chi connectivity index (χ3v) is 6.38. The number of carbonyl (C=O) groups excluding carboxylic acids is 3. The van der Waals surface area contributed by atoms with Crippen molar-refractivity contribution in [3.05, 3.63) is 23.3 Å². The molecule has 13 nitrogen and oxygen atoms in total. The summed E-state index contributed by atoms with van der Waals surface area (Å²) in [5.74, 6) is -2.89. The van der Waals surface area contributed by atoms with Gasteiger partial charge in [-0.25, -0.2) is 4.79 Å². The van der Waals surface area contributed by atoms with Crippen LogP contribution in [0.2, 0.25) is 0 Å². The molecular weight excluding hydrogens is 482 g/mol. The number of aliphatic carboxylic acids is 1. The van der Waals surface area contributed by atoms with Gasteiger partial charge in [0.15, 0.2) is 0 Å². The number of amidine groups is 1. The van der Waals surface area contributed by atoms with Gasteiger partial charge in [0.25, 0.3) is 0 Å². The van der Waals surface area contributed by atoms with Crippen molar-refractivity contribution in [2.24, 2.45) is 11.5 Å². The molecule has 2 rings (SSSR count). The van der Waals surface area contributed by atoms with Gasteiger partial charge in [-0.15, -0.1) is 0 Å². The van der Waals surface area contributed by atoms with Crippen molar-refractivity contribution in [2.75, 3.05) is 13.1 Å². The molecule has 11 N–H and O–H groups in total. The Labute approximate surface area is 216 Å². The number of carboxylic acids is 1. The van der Waals surface area contributed by atoms with Crippen LogP contribution in [0.25, 0.3) is 0 Å². The van der Waals surface area contributed by atoms with Crippen LogP contribution in [0.1, 0.15) is 51.9 Å². The molecule has 206 valence electrons. The molecule has 0 saturated heterocycles. The van der Waals surface area contributed by atoms with E-state index in [1.165, 1.54) is 6.92 Å². The van der Waals surface area contributed by atoms with Crippen molar-refractivity contribution in [2.45, 2.75) is 82.1 Å². The predicted octanol–water partition coefficient (Wildman–Crippen LogP) is -1.63. The number of carboxylic acid groups (broad SMARTS) is 1. The molecule has 1 heterocycles. The van der Waals surface area contributed by atoms with Crippen molar-refractivity contribution < 1.29 is 29.4 Å². The molecule has 0 aromatic rings. The molecule has 0 spiro atoms. The van der Waals surface area contributed by atoms with E-state index in [-0.39, 0.29) is 38.1 Å². The second-order valence-electron chi connectivity index (χ2n) is 9.42. The molecule has 37 heavy (non-hydrogen) atoms. The lowest BCUT2D eigenvalue weighted by atomic mass is 9.99. The van der Waals surface area contributed by atoms with Crippen molar-refractivity contribution >= 4 is 29.5 Å². The third kappa shape index (κ3) is 9.59.